The summed E-state index contributed by atoms with van der Waals surface area (Å²) in [7, 11) is 6.69. The number of likely N-dealkylation sites (N-methyl/N-ethyl adjacent to an activating group) is 4. The number of hydroxylamine groups is 1. The topological polar surface area (TPSA) is 218 Å². The number of amides is 4. The summed E-state index contributed by atoms with van der Waals surface area (Å²) in [4.78, 5) is 95.5. The van der Waals surface area contributed by atoms with Crippen LogP contribution >= 0.6 is 58.0 Å². The van der Waals surface area contributed by atoms with Crippen molar-refractivity contribution in [1.29, 1.82) is 0 Å². The summed E-state index contributed by atoms with van der Waals surface area (Å²) in [5, 5.41) is 23.3. The van der Waals surface area contributed by atoms with Crippen LogP contribution in [0.15, 0.2) is 263 Å². The van der Waals surface area contributed by atoms with Gasteiger partial charge < -0.3 is 29.4 Å². The molecule has 0 fully saturated rings. The molecule has 0 bridgehead atoms. The molecule has 5 heterocycles. The van der Waals surface area contributed by atoms with Crippen molar-refractivity contribution in [2.75, 3.05) is 67.4 Å². The van der Waals surface area contributed by atoms with Crippen LogP contribution in [0.25, 0.3) is 0 Å². The van der Waals surface area contributed by atoms with Gasteiger partial charge in [-0.2, -0.15) is 0 Å². The van der Waals surface area contributed by atoms with Crippen molar-refractivity contribution in [3.05, 3.63) is 329 Å². The molecule has 0 radical (unpaired) electrons. The van der Waals surface area contributed by atoms with Gasteiger partial charge in [0.1, 0.15) is 6.54 Å². The largest absolute Gasteiger partial charge is 0.430 e. The van der Waals surface area contributed by atoms with Gasteiger partial charge in [-0.05, 0) is 107 Å². The zero-order chi connectivity index (χ0) is 74.6. The van der Waals surface area contributed by atoms with Crippen molar-refractivity contribution >= 4 is 145 Å². The highest BCUT2D eigenvalue weighted by atomic mass is 35.5. The fourth-order valence-corrected chi connectivity index (χ4v) is 12.9. The normalized spacial score (nSPS) is 15.9. The van der Waals surface area contributed by atoms with Gasteiger partial charge in [0.15, 0.2) is 5.78 Å². The number of hydrogen-bond acceptors (Lipinski definition) is 13. The van der Waals surface area contributed by atoms with Crippen LogP contribution in [0, 0.1) is 0 Å². The first-order valence-corrected chi connectivity index (χ1v) is 34.7. The number of esters is 1. The number of ether oxygens (including phenoxy) is 1. The molecule has 0 aromatic heterocycles. The summed E-state index contributed by atoms with van der Waals surface area (Å²) >= 11 is 30.5. The summed E-state index contributed by atoms with van der Waals surface area (Å²) in [5.74, 6) is -1.54. The maximum atomic E-state index is 12.6. The Morgan fingerprint density at radius 1 is 0.419 bits per heavy atom. The second kappa shape index (κ2) is 33.9. The van der Waals surface area contributed by atoms with Gasteiger partial charge in [0, 0.05) is 111 Å². The maximum Gasteiger partial charge on any atom is 0.305 e. The number of carbonyl (C=O) groups excluding carboxylic acids is 6. The van der Waals surface area contributed by atoms with E-state index in [4.69, 9.17) is 62.7 Å². The average Bonchev–Trinajstić information content (AvgIpc) is 1.78. The minimum atomic E-state index is -1.42. The van der Waals surface area contributed by atoms with Crippen LogP contribution in [-0.4, -0.2) is 139 Å². The highest BCUT2D eigenvalue weighted by Crippen LogP contribution is 2.35. The molecule has 5 aliphatic rings. The summed E-state index contributed by atoms with van der Waals surface area (Å²) in [6, 6.07) is 74.9. The van der Waals surface area contributed by atoms with Crippen molar-refractivity contribution in [2.45, 2.75) is 25.8 Å². The molecule has 528 valence electrons. The molecule has 2 atom stereocenters. The van der Waals surface area contributed by atoms with Crippen molar-refractivity contribution in [1.82, 2.24) is 0 Å². The Balaban J connectivity index is 0.000000131. The monoisotopic (exact) mass is 1530 g/mol. The van der Waals surface area contributed by atoms with Gasteiger partial charge in [-0.3, -0.25) is 44.0 Å². The number of anilines is 4. The molecule has 18 nitrogen and oxygen atoms in total. The molecule has 5 aliphatic heterocycles. The van der Waals surface area contributed by atoms with Gasteiger partial charge in [-0.25, -0.2) is 9.98 Å². The lowest BCUT2D eigenvalue weighted by Crippen LogP contribution is -2.37. The molecule has 2 N–H and O–H groups in total. The maximum absolute atomic E-state index is 12.6. The van der Waals surface area contributed by atoms with Crippen LogP contribution in [-0.2, 0) is 39.9 Å². The first-order valence-electron chi connectivity index (χ1n) is 32.8. The van der Waals surface area contributed by atoms with Crippen molar-refractivity contribution in [3.63, 3.8) is 0 Å². The third kappa shape index (κ3) is 17.7. The molecule has 4 amide bonds. The van der Waals surface area contributed by atoms with Gasteiger partial charge in [0.2, 0.25) is 12.1 Å². The average molecular weight is 1530 g/mol. The fraction of sp³-hybridized carbons (Fsp3) is 0.134. The van der Waals surface area contributed by atoms with E-state index in [1.165, 1.54) is 21.6 Å². The van der Waals surface area contributed by atoms with Crippen LogP contribution < -0.4 is 19.6 Å². The lowest BCUT2D eigenvalue weighted by atomic mass is 10.2. The quantitative estimate of drug-likeness (QED) is 0.0918. The van der Waals surface area contributed by atoms with Gasteiger partial charge in [0.05, 0.1) is 63.3 Å². The highest BCUT2D eigenvalue weighted by molar-refractivity contribution is 6.34. The predicted molar refractivity (Wildman–Crippen MR) is 416 cm³/mol. The molecule has 2 unspecified atom stereocenters. The molecule has 0 aliphatic carbocycles. The van der Waals surface area contributed by atoms with Crippen LogP contribution in [0.3, 0.4) is 0 Å². The lowest BCUT2D eigenvalue weighted by Gasteiger charge is -2.20. The Hall–Kier alpha value is -11.2. The van der Waals surface area contributed by atoms with Gasteiger partial charge in [-0.1, -0.05) is 204 Å². The third-order valence-corrected chi connectivity index (χ3v) is 18.4. The number of benzodiazepines with no additional fused rings is 4. The fourth-order valence-electron chi connectivity index (χ4n) is 12.0. The number of benzene rings is 10. The summed E-state index contributed by atoms with van der Waals surface area (Å²) in [5.41, 5.74) is 15.7. The molecule has 10 aromatic rings. The lowest BCUT2D eigenvalue weighted by molar-refractivity contribution is -0.765. The minimum absolute atomic E-state index is 0.0282. The Morgan fingerprint density at radius 2 is 0.771 bits per heavy atom. The van der Waals surface area contributed by atoms with E-state index in [1.807, 2.05) is 182 Å². The van der Waals surface area contributed by atoms with E-state index in [1.54, 1.807) is 93.8 Å². The smallest absolute Gasteiger partial charge is 0.305 e. The number of aliphatic imine (C=N–C) groups is 4. The van der Waals surface area contributed by atoms with Crippen LogP contribution in [0.1, 0.15) is 68.1 Å². The number of Topliss-reactive ketones (excluding diaryl/α,β-unsaturated/α-hetero) is 1. The number of aliphatic hydroxyl groups excluding tert-OH is 1. The number of rotatable bonds is 6. The van der Waals surface area contributed by atoms with E-state index in [-0.39, 0.29) is 37.2 Å². The second-order valence-corrected chi connectivity index (χ2v) is 26.4. The highest BCUT2D eigenvalue weighted by Gasteiger charge is 2.35. The Morgan fingerprint density at radius 3 is 1.24 bits per heavy atom. The molecule has 10 aromatic carbocycles. The predicted octanol–water partition coefficient (Wildman–Crippen LogP) is 14.5. The Bertz CT molecular complexity index is 5140. The minimum Gasteiger partial charge on any atom is -0.430 e. The summed E-state index contributed by atoms with van der Waals surface area (Å²) < 4.78 is 6.10. The van der Waals surface area contributed by atoms with Crippen molar-refractivity contribution < 1.29 is 48.6 Å². The summed E-state index contributed by atoms with van der Waals surface area (Å²) in [6.07, 6.45) is -2.22. The number of fused-ring (bicyclic) bond motifs is 5. The molecular formula is C82H67Cl5N9O9+. The summed E-state index contributed by atoms with van der Waals surface area (Å²) in [6.45, 7) is 1.52. The first-order chi connectivity index (χ1) is 50.5. The van der Waals surface area contributed by atoms with E-state index < -0.39 is 30.2 Å². The van der Waals surface area contributed by atoms with E-state index in [2.05, 4.69) is 20.0 Å². The van der Waals surface area contributed by atoms with E-state index in [9.17, 15) is 39.1 Å². The van der Waals surface area contributed by atoms with Gasteiger partial charge in [0.25, 0.3) is 36.2 Å². The van der Waals surface area contributed by atoms with Crippen molar-refractivity contribution in [2.24, 2.45) is 20.0 Å². The third-order valence-electron chi connectivity index (χ3n) is 17.2. The van der Waals surface area contributed by atoms with E-state index in [0.717, 1.165) is 83.2 Å². The van der Waals surface area contributed by atoms with E-state index >= 15 is 0 Å². The number of ketones is 1. The molecule has 23 heteroatoms. The number of carbonyl (C=O) groups is 6. The zero-order valence-electron chi connectivity index (χ0n) is 57.2. The number of nitrogens with zero attached hydrogens (tertiary/aromatic N) is 9. The van der Waals surface area contributed by atoms with Crippen LogP contribution in [0.5, 0.6) is 0 Å². The zero-order valence-corrected chi connectivity index (χ0v) is 61.0. The molecule has 0 saturated carbocycles. The van der Waals surface area contributed by atoms with Crippen molar-refractivity contribution in [3.8, 4) is 0 Å². The number of halogens is 5. The first kappa shape index (κ1) is 75.0. The van der Waals surface area contributed by atoms with Crippen LogP contribution in [0.4, 0.5) is 22.7 Å². The van der Waals surface area contributed by atoms with Gasteiger partial charge in [-0.15, -0.1) is 0 Å². The molecule has 105 heavy (non-hydrogen) atoms. The Kier molecular flexibility index (Phi) is 24.2. The standard InChI is InChI=1S/C18H15ClN2O3.C16H14ClN2O2.C16H13ClN2O2.C16H13ClN2O.C16H12ClNO/c1-11(22)24-17-18(23)21(2)15-9-8-13(19)10-14(15)16(20-17)12-6-4-3-5-7-12;1-18-14-8-7-12(17)9-13(14)16(19(21)10-15(18)20)11-5-3-2-4-6-11;1-19-13-8-7-11(17)9-12(13)14(18-15(20)16(19)21)10-5-3-2-4-6-10;1-19-14-8-7-12(17)9-13(14)16(18-10-15(19)20)11-5-3-2-4-6-11;17-13-7-6-12-8-14(19)10-18-16(15(12)9-13)11-4-2-1-3-5-11/h3-10,17H,1-2H3;2-9,21H,10H2,1H3;2-9,15,20H,1H3;2-9H,10H2,1H3;1-7,9H,8,10H2/q;+1;;;/i8+1,9+1,10+1,13+1,14+1,15+1;7+1,8+1,9+1,12+1,13+1,14+1;7+1,8+1,9+1,11+1,12+1,13+1;7+1,8+1,9+1,12+1,13+1,14+1;6+1,7+1,9+1,12+1,13+1,15+1. The second-order valence-electron chi connectivity index (χ2n) is 24.2. The molecule has 0 saturated heterocycles. The molecule has 15 rings (SSSR count). The SMILES string of the molecule is CC(=O)OC1N=C(c2ccccc2)[13c]2[13cH][13c](Cl)[13cH][13cH][13c]2N(C)C1=O.CN1C(=O)C(O)N=C(c2ccccc2)[13c]2[13cH][13c](Cl)[13cH][13cH][13c]21.CN1C(=O)CN=C(c2ccccc2)[13c]2[13cH][13c](Cl)[13cH][13cH][13c]21.CN1C(=O)C[N+](O)=C(c2ccccc2)[13c]2[13cH][13c](Cl)[13cH][13cH][13c]21.O=C1CN=C(c2ccccc2)[13c]2[13cH][13c](Cl)[13cH][13cH][13c]2C1. The molecular weight excluding hydrogens is 1460 g/mol. The Labute approximate surface area is 631 Å². The molecule has 0 spiro atoms. The number of aliphatic hydroxyl groups is 1. The number of hydrogen-bond donors (Lipinski definition) is 2. The van der Waals surface area contributed by atoms with Crippen LogP contribution in [0.2, 0.25) is 25.1 Å². The van der Waals surface area contributed by atoms with Gasteiger partial charge >= 0.3 is 5.97 Å². The van der Waals surface area contributed by atoms with E-state index in [0.29, 0.717) is 65.6 Å².